The number of fused-ring (bicyclic) bond motifs is 5. The molecule has 23 heavy (non-hydrogen) atoms. The number of rotatable bonds is 4. The SMILES string of the molecule is C[N+]1([O-])[C@@H]2CC(OC(=O)[C@H](CO)c3ccccc3)C[C@H]1[C@@H]1O[C@H]12. The number of hydroxylamine groups is 3. The highest BCUT2D eigenvalue weighted by molar-refractivity contribution is 5.78. The quantitative estimate of drug-likeness (QED) is 0.386. The number of ether oxygens (including phenoxy) is 2. The molecule has 0 radical (unpaired) electrons. The Morgan fingerprint density at radius 3 is 2.52 bits per heavy atom. The van der Waals surface area contributed by atoms with Crippen molar-refractivity contribution in [2.75, 3.05) is 13.7 Å². The Morgan fingerprint density at radius 2 is 1.96 bits per heavy atom. The van der Waals surface area contributed by atoms with Gasteiger partial charge in [-0.2, -0.15) is 0 Å². The van der Waals surface area contributed by atoms with Gasteiger partial charge >= 0.3 is 5.97 Å². The molecule has 0 aromatic heterocycles. The topological polar surface area (TPSA) is 82.1 Å². The first-order valence-corrected chi connectivity index (χ1v) is 8.11. The maximum Gasteiger partial charge on any atom is 0.316 e. The fourth-order valence-corrected chi connectivity index (χ4v) is 4.25. The molecule has 0 aliphatic carbocycles. The predicted octanol–water partition coefficient (Wildman–Crippen LogP) is 0.931. The van der Waals surface area contributed by atoms with Crippen LogP contribution in [0, 0.1) is 5.21 Å². The Bertz CT molecular complexity index is 584. The number of likely N-dealkylation sites (N-methyl/N-ethyl adjacent to an activating group) is 1. The zero-order valence-corrected chi connectivity index (χ0v) is 13.0. The minimum absolute atomic E-state index is 0.0361. The number of aliphatic hydroxyl groups excluding tert-OH is 1. The van der Waals surface area contributed by atoms with E-state index in [4.69, 9.17) is 9.47 Å². The van der Waals surface area contributed by atoms with Gasteiger partial charge < -0.3 is 24.4 Å². The molecule has 6 heteroatoms. The summed E-state index contributed by atoms with van der Waals surface area (Å²) in [4.78, 5) is 12.4. The number of piperidine rings is 1. The molecule has 2 bridgehead atoms. The molecule has 4 rings (SSSR count). The number of nitrogens with zero attached hydrogens (tertiary/aromatic N) is 1. The average Bonchev–Trinajstić information content (AvgIpc) is 3.27. The first-order valence-electron chi connectivity index (χ1n) is 8.11. The highest BCUT2D eigenvalue weighted by atomic mass is 16.6. The maximum absolute atomic E-state index is 12.6. The van der Waals surface area contributed by atoms with E-state index in [1.54, 1.807) is 19.2 Å². The molecular formula is C17H21NO5. The van der Waals surface area contributed by atoms with Crippen LogP contribution in [0.4, 0.5) is 0 Å². The van der Waals surface area contributed by atoms with Gasteiger partial charge in [0.2, 0.25) is 0 Å². The number of epoxide rings is 1. The molecule has 0 saturated carbocycles. The van der Waals surface area contributed by atoms with Crippen LogP contribution in [0.25, 0.3) is 0 Å². The summed E-state index contributed by atoms with van der Waals surface area (Å²) >= 11 is 0. The summed E-state index contributed by atoms with van der Waals surface area (Å²) in [6.07, 6.45) is 0.891. The van der Waals surface area contributed by atoms with Crippen LogP contribution in [0.15, 0.2) is 30.3 Å². The summed E-state index contributed by atoms with van der Waals surface area (Å²) in [5, 5.41) is 22.2. The van der Waals surface area contributed by atoms with Crippen LogP contribution in [0.2, 0.25) is 0 Å². The first kappa shape index (κ1) is 15.1. The monoisotopic (exact) mass is 319 g/mol. The normalized spacial score (nSPS) is 42.0. The lowest BCUT2D eigenvalue weighted by Gasteiger charge is -2.51. The Kier molecular flexibility index (Phi) is 3.46. The molecule has 3 heterocycles. The molecule has 3 aliphatic heterocycles. The first-order chi connectivity index (χ1) is 11.0. The van der Waals surface area contributed by atoms with Crippen molar-refractivity contribution in [2.24, 2.45) is 0 Å². The van der Waals surface area contributed by atoms with Gasteiger partial charge in [-0.05, 0) is 5.56 Å². The number of quaternary nitrogens is 1. The number of esters is 1. The van der Waals surface area contributed by atoms with Gasteiger partial charge in [0.25, 0.3) is 0 Å². The van der Waals surface area contributed by atoms with Crippen LogP contribution in [0.1, 0.15) is 24.3 Å². The maximum atomic E-state index is 12.6. The molecule has 124 valence electrons. The molecule has 2 unspecified atom stereocenters. The Labute approximate surface area is 134 Å². The molecule has 3 aliphatic rings. The lowest BCUT2D eigenvalue weighted by atomic mass is 9.97. The van der Waals surface area contributed by atoms with Crippen LogP contribution >= 0.6 is 0 Å². The summed E-state index contributed by atoms with van der Waals surface area (Å²) < 4.78 is 10.9. The van der Waals surface area contributed by atoms with E-state index >= 15 is 0 Å². The minimum atomic E-state index is -0.672. The van der Waals surface area contributed by atoms with Crippen LogP contribution in [0.3, 0.4) is 0 Å². The van der Waals surface area contributed by atoms with E-state index in [2.05, 4.69) is 0 Å². The molecule has 6 nitrogen and oxygen atoms in total. The number of hydrogen-bond acceptors (Lipinski definition) is 5. The zero-order chi connectivity index (χ0) is 16.2. The second kappa shape index (κ2) is 5.27. The molecule has 0 spiro atoms. The Hall–Kier alpha value is -1.47. The van der Waals surface area contributed by atoms with E-state index < -0.39 is 11.9 Å². The van der Waals surface area contributed by atoms with Crippen LogP contribution in [0.5, 0.6) is 0 Å². The van der Waals surface area contributed by atoms with Gasteiger partial charge in [0.15, 0.2) is 0 Å². The smallest absolute Gasteiger partial charge is 0.316 e. The van der Waals surface area contributed by atoms with Gasteiger partial charge in [0, 0.05) is 12.8 Å². The summed E-state index contributed by atoms with van der Waals surface area (Å²) in [5.41, 5.74) is 0.745. The van der Waals surface area contributed by atoms with Gasteiger partial charge in [-0.25, -0.2) is 0 Å². The van der Waals surface area contributed by atoms with Crippen molar-refractivity contribution in [1.82, 2.24) is 0 Å². The van der Waals surface area contributed by atoms with Gasteiger partial charge in [0.1, 0.15) is 36.3 Å². The average molecular weight is 319 g/mol. The van der Waals surface area contributed by atoms with Crippen molar-refractivity contribution in [3.8, 4) is 0 Å². The van der Waals surface area contributed by atoms with E-state index in [9.17, 15) is 15.1 Å². The molecule has 3 saturated heterocycles. The number of carbonyl (C=O) groups is 1. The van der Waals surface area contributed by atoms with Crippen molar-refractivity contribution >= 4 is 5.97 Å². The second-order valence-corrected chi connectivity index (χ2v) is 6.94. The molecule has 1 aromatic rings. The van der Waals surface area contributed by atoms with Gasteiger partial charge in [0.05, 0.1) is 13.7 Å². The highest BCUT2D eigenvalue weighted by Gasteiger charge is 2.69. The van der Waals surface area contributed by atoms with E-state index in [1.807, 2.05) is 18.2 Å². The largest absolute Gasteiger partial charge is 0.632 e. The third-order valence-corrected chi connectivity index (χ3v) is 5.60. The standard InChI is InChI=1S/C17H21NO5/c1-18(21)13-7-11(8-14(18)16-15(13)23-16)22-17(20)12(9-19)10-5-3-2-4-6-10/h2-6,11-16,19H,7-9H2,1H3/t11?,12-,13-,14+,15+,16+,18?/m1/s1. The Morgan fingerprint density at radius 1 is 1.35 bits per heavy atom. The fourth-order valence-electron chi connectivity index (χ4n) is 4.25. The van der Waals surface area contributed by atoms with Gasteiger partial charge in [-0.15, -0.1) is 0 Å². The van der Waals surface area contributed by atoms with Gasteiger partial charge in [-0.3, -0.25) is 4.79 Å². The van der Waals surface area contributed by atoms with Crippen LogP contribution in [-0.2, 0) is 14.3 Å². The number of hydrogen-bond donors (Lipinski definition) is 1. The van der Waals surface area contributed by atoms with E-state index in [0.717, 1.165) is 5.56 Å². The van der Waals surface area contributed by atoms with E-state index in [-0.39, 0.29) is 41.6 Å². The van der Waals surface area contributed by atoms with Crippen LogP contribution in [-0.4, -0.2) is 59.8 Å². The van der Waals surface area contributed by atoms with E-state index in [1.165, 1.54) is 0 Å². The predicted molar refractivity (Wildman–Crippen MR) is 81.2 cm³/mol. The minimum Gasteiger partial charge on any atom is -0.632 e. The van der Waals surface area contributed by atoms with Crippen molar-refractivity contribution < 1.29 is 24.0 Å². The third kappa shape index (κ3) is 2.37. The van der Waals surface area contributed by atoms with Crippen molar-refractivity contribution in [3.63, 3.8) is 0 Å². The molecule has 1 N–H and O–H groups in total. The molecular weight excluding hydrogens is 298 g/mol. The van der Waals surface area contributed by atoms with Gasteiger partial charge in [-0.1, -0.05) is 30.3 Å². The lowest BCUT2D eigenvalue weighted by molar-refractivity contribution is -0.911. The van der Waals surface area contributed by atoms with Crippen molar-refractivity contribution in [1.29, 1.82) is 0 Å². The molecule has 3 fully saturated rings. The summed E-state index contributed by atoms with van der Waals surface area (Å²) in [7, 11) is 1.70. The third-order valence-electron chi connectivity index (χ3n) is 5.60. The highest BCUT2D eigenvalue weighted by Crippen LogP contribution is 2.52. The number of benzene rings is 1. The zero-order valence-electron chi connectivity index (χ0n) is 13.0. The fraction of sp³-hybridized carbons (Fsp3) is 0.588. The van der Waals surface area contributed by atoms with Crippen molar-refractivity contribution in [2.45, 2.75) is 49.2 Å². The number of carbonyl (C=O) groups excluding carboxylic acids is 1. The van der Waals surface area contributed by atoms with Crippen LogP contribution < -0.4 is 0 Å². The lowest BCUT2D eigenvalue weighted by Crippen LogP contribution is -2.58. The summed E-state index contributed by atoms with van der Waals surface area (Å²) in [6, 6.07) is 8.86. The second-order valence-electron chi connectivity index (χ2n) is 6.94. The Balaban J connectivity index is 1.44. The molecule has 7 atom stereocenters. The van der Waals surface area contributed by atoms with E-state index in [0.29, 0.717) is 12.8 Å². The molecule has 1 aromatic carbocycles. The number of aliphatic hydroxyl groups is 1. The number of morpholine rings is 1. The summed E-state index contributed by atoms with van der Waals surface area (Å²) in [6.45, 7) is -0.286. The van der Waals surface area contributed by atoms with Crippen molar-refractivity contribution in [3.05, 3.63) is 41.1 Å². The molecule has 0 amide bonds. The summed E-state index contributed by atoms with van der Waals surface area (Å²) in [5.74, 6) is -1.09.